The maximum Gasteiger partial charge on any atom is 0.283 e. The molecule has 1 aliphatic carbocycles. The smallest absolute Gasteiger partial charge is 0.283 e. The molecule has 1 aliphatic heterocycles. The largest absolute Gasteiger partial charge is 0.343 e. The molecule has 1 fully saturated rings. The summed E-state index contributed by atoms with van der Waals surface area (Å²) in [6.07, 6.45) is 7.13. The van der Waals surface area contributed by atoms with Crippen molar-refractivity contribution in [1.82, 2.24) is 45.8 Å². The SMILES string of the molecule is CC(C)(C)[C@@H]1CCc2nc3sc(C(=O)N[C@H](CCN4CCC(c5nn[nH]n5)CC4)c4ccc(-c5c[nH]c(=O)c(F)c5)cc4)nc3cc2C1. The van der Waals surface area contributed by atoms with Gasteiger partial charge in [-0.05, 0) is 91.8 Å². The van der Waals surface area contributed by atoms with E-state index in [1.54, 1.807) is 0 Å². The number of H-pyrrole nitrogens is 2. The van der Waals surface area contributed by atoms with Crippen molar-refractivity contribution in [2.24, 2.45) is 11.3 Å². The lowest BCUT2D eigenvalue weighted by Crippen LogP contribution is -2.37. The van der Waals surface area contributed by atoms with E-state index in [-0.39, 0.29) is 17.4 Å². The minimum Gasteiger partial charge on any atom is -0.343 e. The van der Waals surface area contributed by atoms with Gasteiger partial charge in [0.05, 0.1) is 6.04 Å². The Morgan fingerprint density at radius 2 is 1.90 bits per heavy atom. The second-order valence-electron chi connectivity index (χ2n) is 14.1. The molecule has 2 aliphatic rings. The third-order valence-corrected chi connectivity index (χ3v) is 11.0. The third kappa shape index (κ3) is 6.93. The number of carbonyl (C=O) groups is 1. The van der Waals surface area contributed by atoms with E-state index in [2.05, 4.69) is 62.7 Å². The number of nitrogens with one attached hydrogen (secondary N) is 3. The van der Waals surface area contributed by atoms with Gasteiger partial charge in [0.25, 0.3) is 11.5 Å². The normalized spacial score (nSPS) is 18.1. The van der Waals surface area contributed by atoms with E-state index in [0.29, 0.717) is 28.8 Å². The number of aryl methyl sites for hydroxylation is 1. The zero-order valence-electron chi connectivity index (χ0n) is 27.4. The van der Waals surface area contributed by atoms with Crippen LogP contribution in [0.2, 0.25) is 0 Å². The zero-order valence-corrected chi connectivity index (χ0v) is 28.2. The van der Waals surface area contributed by atoms with E-state index in [0.717, 1.165) is 84.7 Å². The van der Waals surface area contributed by atoms with Crippen LogP contribution in [0.5, 0.6) is 0 Å². The first kappa shape index (κ1) is 32.2. The van der Waals surface area contributed by atoms with Crippen molar-refractivity contribution in [3.05, 3.63) is 86.4 Å². The molecule has 1 amide bonds. The van der Waals surface area contributed by atoms with Gasteiger partial charge in [0, 0.05) is 29.9 Å². The molecule has 1 aromatic carbocycles. The maximum atomic E-state index is 14.0. The summed E-state index contributed by atoms with van der Waals surface area (Å²) in [5.74, 6) is 0.591. The van der Waals surface area contributed by atoms with Crippen LogP contribution in [0.25, 0.3) is 21.5 Å². The first-order valence-electron chi connectivity index (χ1n) is 16.6. The van der Waals surface area contributed by atoms with Crippen molar-refractivity contribution in [1.29, 1.82) is 0 Å². The lowest BCUT2D eigenvalue weighted by molar-refractivity contribution is 0.0929. The highest BCUT2D eigenvalue weighted by Gasteiger charge is 2.30. The fourth-order valence-electron chi connectivity index (χ4n) is 6.99. The van der Waals surface area contributed by atoms with Gasteiger partial charge in [-0.25, -0.2) is 14.4 Å². The van der Waals surface area contributed by atoms with E-state index >= 15 is 0 Å². The van der Waals surface area contributed by atoms with Gasteiger partial charge in [0.1, 0.15) is 10.3 Å². The topological polar surface area (TPSA) is 145 Å². The molecule has 0 bridgehead atoms. The molecule has 4 aromatic heterocycles. The van der Waals surface area contributed by atoms with Gasteiger partial charge in [0.2, 0.25) is 0 Å². The van der Waals surface area contributed by atoms with Crippen LogP contribution in [0.1, 0.15) is 90.9 Å². The number of rotatable bonds is 8. The number of pyridine rings is 2. The van der Waals surface area contributed by atoms with E-state index < -0.39 is 11.4 Å². The molecule has 5 aromatic rings. The number of amides is 1. The van der Waals surface area contributed by atoms with E-state index in [4.69, 9.17) is 9.97 Å². The molecule has 7 rings (SSSR count). The summed E-state index contributed by atoms with van der Waals surface area (Å²) in [5.41, 5.74) is 4.89. The predicted molar refractivity (Wildman–Crippen MR) is 182 cm³/mol. The molecule has 0 radical (unpaired) electrons. The molecule has 3 N–H and O–H groups in total. The average Bonchev–Trinajstić information content (AvgIpc) is 3.77. The van der Waals surface area contributed by atoms with Gasteiger partial charge in [-0.1, -0.05) is 61.6 Å². The molecule has 0 spiro atoms. The van der Waals surface area contributed by atoms with Gasteiger partial charge in [-0.2, -0.15) is 5.21 Å². The number of halogens is 1. The summed E-state index contributed by atoms with van der Waals surface area (Å²) in [5, 5.41) is 18.3. The van der Waals surface area contributed by atoms with Gasteiger partial charge >= 0.3 is 0 Å². The summed E-state index contributed by atoms with van der Waals surface area (Å²) in [7, 11) is 0. The molecule has 0 unspecified atom stereocenters. The Morgan fingerprint density at radius 1 is 1.10 bits per heavy atom. The highest BCUT2D eigenvalue weighted by atomic mass is 32.1. The number of piperidine rings is 1. The van der Waals surface area contributed by atoms with Crippen molar-refractivity contribution < 1.29 is 9.18 Å². The molecule has 250 valence electrons. The fraction of sp³-hybridized carbons (Fsp3) is 0.457. The molecule has 5 heterocycles. The third-order valence-electron chi connectivity index (χ3n) is 10.0. The number of hydrogen-bond acceptors (Lipinski definition) is 9. The number of likely N-dealkylation sites (tertiary alicyclic amines) is 1. The van der Waals surface area contributed by atoms with Gasteiger partial charge in [-0.15, -0.1) is 10.2 Å². The van der Waals surface area contributed by atoms with Crippen LogP contribution in [0, 0.1) is 17.2 Å². The first-order chi connectivity index (χ1) is 23.1. The van der Waals surface area contributed by atoms with E-state index in [9.17, 15) is 14.0 Å². The molecule has 48 heavy (non-hydrogen) atoms. The van der Waals surface area contributed by atoms with Crippen molar-refractivity contribution in [3.63, 3.8) is 0 Å². The Hall–Kier alpha value is -4.36. The summed E-state index contributed by atoms with van der Waals surface area (Å²) < 4.78 is 14.0. The summed E-state index contributed by atoms with van der Waals surface area (Å²) in [4.78, 5) is 40.7. The minimum atomic E-state index is -0.829. The molecule has 1 saturated heterocycles. The number of thiazole rings is 1. The summed E-state index contributed by atoms with van der Waals surface area (Å²) in [6.45, 7) is 9.49. The highest BCUT2D eigenvalue weighted by Crippen LogP contribution is 2.38. The minimum absolute atomic E-state index is 0.226. The van der Waals surface area contributed by atoms with Crippen LogP contribution in [-0.2, 0) is 12.8 Å². The monoisotopic (exact) mass is 669 g/mol. The first-order valence-corrected chi connectivity index (χ1v) is 17.5. The molecule has 11 nitrogen and oxygen atoms in total. The van der Waals surface area contributed by atoms with E-state index in [1.807, 2.05) is 24.3 Å². The van der Waals surface area contributed by atoms with E-state index in [1.165, 1.54) is 29.2 Å². The van der Waals surface area contributed by atoms with Crippen molar-refractivity contribution in [2.75, 3.05) is 19.6 Å². The molecule has 0 saturated carbocycles. The van der Waals surface area contributed by atoms with Gasteiger partial charge < -0.3 is 15.2 Å². The number of fused-ring (bicyclic) bond motifs is 2. The predicted octanol–water partition coefficient (Wildman–Crippen LogP) is 5.59. The number of nitrogens with zero attached hydrogens (tertiary/aromatic N) is 6. The Kier molecular flexibility index (Phi) is 8.90. The summed E-state index contributed by atoms with van der Waals surface area (Å²) >= 11 is 1.34. The standard InChI is InChI=1S/C35H40FN9O2S/c1-35(2,3)25-8-9-27-23(16-25)18-29-33(39-27)48-34(40-29)32(47)38-28(12-15-45-13-10-22(11-14-45)30-41-43-44-42-30)21-6-4-20(5-7-21)24-17-26(36)31(46)37-19-24/h4-7,17-19,22,25,28H,8-16H2,1-3H3,(H,37,46)(H,38,47)(H,41,42,43,44)/t25-,28-/m1/s1. The Morgan fingerprint density at radius 3 is 2.60 bits per heavy atom. The quantitative estimate of drug-likeness (QED) is 0.194. The average molecular weight is 670 g/mol. The van der Waals surface area contributed by atoms with Crippen LogP contribution in [0.15, 0.2) is 47.4 Å². The molecular formula is C35H40FN9O2S. The highest BCUT2D eigenvalue weighted by molar-refractivity contribution is 7.19. The molecule has 2 atom stereocenters. The summed E-state index contributed by atoms with van der Waals surface area (Å²) in [6, 6.07) is 10.8. The van der Waals surface area contributed by atoms with Crippen LogP contribution < -0.4 is 10.9 Å². The van der Waals surface area contributed by atoms with Gasteiger partial charge in [0.15, 0.2) is 16.6 Å². The number of aromatic nitrogens is 7. The Labute approximate surface area is 281 Å². The van der Waals surface area contributed by atoms with Crippen LogP contribution in [0.3, 0.4) is 0 Å². The van der Waals surface area contributed by atoms with Crippen molar-refractivity contribution >= 4 is 27.6 Å². The van der Waals surface area contributed by atoms with Crippen LogP contribution >= 0.6 is 11.3 Å². The number of hydrogen-bond donors (Lipinski definition) is 3. The molecule has 13 heteroatoms. The lowest BCUT2D eigenvalue weighted by Gasteiger charge is -2.34. The fourth-order valence-corrected chi connectivity index (χ4v) is 7.83. The van der Waals surface area contributed by atoms with Crippen LogP contribution in [-0.4, -0.2) is 66.0 Å². The number of aromatic amines is 2. The molecular weight excluding hydrogens is 630 g/mol. The second-order valence-corrected chi connectivity index (χ2v) is 15.1. The lowest BCUT2D eigenvalue weighted by atomic mass is 9.71. The number of benzene rings is 1. The number of tetrazole rings is 1. The van der Waals surface area contributed by atoms with Crippen LogP contribution in [0.4, 0.5) is 4.39 Å². The van der Waals surface area contributed by atoms with Crippen molar-refractivity contribution in [3.8, 4) is 11.1 Å². The Balaban J connectivity index is 1.09. The Bertz CT molecular complexity index is 1960. The second kappa shape index (κ2) is 13.3. The van der Waals surface area contributed by atoms with Crippen molar-refractivity contribution in [2.45, 2.75) is 71.3 Å². The maximum absolute atomic E-state index is 14.0. The number of carbonyl (C=O) groups excluding carboxylic acids is 1. The van der Waals surface area contributed by atoms with Gasteiger partial charge in [-0.3, -0.25) is 9.59 Å². The zero-order chi connectivity index (χ0) is 33.4.